The van der Waals surface area contributed by atoms with Crippen molar-refractivity contribution in [1.29, 1.82) is 5.26 Å². The summed E-state index contributed by atoms with van der Waals surface area (Å²) in [6.07, 6.45) is 0. The number of nitrogens with zero attached hydrogens (tertiary/aromatic N) is 3. The van der Waals surface area contributed by atoms with E-state index in [4.69, 9.17) is 5.26 Å². The Balaban J connectivity index is 2.50. The smallest absolute Gasteiger partial charge is 0.167 e. The molecule has 0 unspecified atom stereocenters. The summed E-state index contributed by atoms with van der Waals surface area (Å²) < 4.78 is 8.29. The van der Waals surface area contributed by atoms with Gasteiger partial charge in [-0.25, -0.2) is 0 Å². The van der Waals surface area contributed by atoms with E-state index in [1.807, 2.05) is 12.1 Å². The molecule has 1 heterocycles. The Hall–Kier alpha value is -1.93. The molecule has 0 amide bonds. The van der Waals surface area contributed by atoms with Crippen LogP contribution in [0.5, 0.6) is 0 Å². The molecule has 0 aliphatic heterocycles. The second-order valence-electron chi connectivity index (χ2n) is 2.90. The minimum Gasteiger partial charge on any atom is -0.370 e. The highest BCUT2D eigenvalue weighted by molar-refractivity contribution is 6.99. The van der Waals surface area contributed by atoms with Crippen LogP contribution in [-0.4, -0.2) is 15.8 Å². The fourth-order valence-electron chi connectivity index (χ4n) is 1.28. The molecule has 0 radical (unpaired) electrons. The lowest BCUT2D eigenvalue weighted by atomic mass is 10.1. The maximum atomic E-state index is 8.79. The molecule has 0 aliphatic carbocycles. The normalized spacial score (nSPS) is 9.60. The van der Waals surface area contributed by atoms with E-state index in [1.54, 1.807) is 19.2 Å². The first-order chi connectivity index (χ1) is 7.35. The summed E-state index contributed by atoms with van der Waals surface area (Å²) in [6, 6.07) is 9.43. The minimum atomic E-state index is 0.627. The van der Waals surface area contributed by atoms with Crippen LogP contribution in [0.1, 0.15) is 5.56 Å². The molecule has 2 aromatic rings. The van der Waals surface area contributed by atoms with Gasteiger partial charge in [0.15, 0.2) is 5.82 Å². The Morgan fingerprint density at radius 2 is 2.27 bits per heavy atom. The van der Waals surface area contributed by atoms with E-state index in [0.717, 1.165) is 28.8 Å². The van der Waals surface area contributed by atoms with Crippen molar-refractivity contribution in [3.8, 4) is 17.3 Å². The van der Waals surface area contributed by atoms with Crippen molar-refractivity contribution >= 4 is 17.5 Å². The Morgan fingerprint density at radius 3 is 3.00 bits per heavy atom. The van der Waals surface area contributed by atoms with Crippen molar-refractivity contribution in [3.05, 3.63) is 29.8 Å². The minimum absolute atomic E-state index is 0.627. The molecule has 1 aromatic heterocycles. The van der Waals surface area contributed by atoms with Crippen LogP contribution in [0.3, 0.4) is 0 Å². The predicted molar refractivity (Wildman–Crippen MR) is 59.6 cm³/mol. The second kappa shape index (κ2) is 4.07. The van der Waals surface area contributed by atoms with Gasteiger partial charge in [-0.05, 0) is 12.1 Å². The highest BCUT2D eigenvalue weighted by Gasteiger charge is 2.08. The third kappa shape index (κ3) is 1.80. The molecule has 0 aliphatic rings. The average Bonchev–Trinajstić information content (AvgIpc) is 2.77. The van der Waals surface area contributed by atoms with Gasteiger partial charge in [-0.1, -0.05) is 12.1 Å². The van der Waals surface area contributed by atoms with Crippen molar-refractivity contribution in [1.82, 2.24) is 8.75 Å². The Bertz CT molecular complexity index is 512. The summed E-state index contributed by atoms with van der Waals surface area (Å²) in [7, 11) is 1.80. The summed E-state index contributed by atoms with van der Waals surface area (Å²) in [6.45, 7) is 0. The van der Waals surface area contributed by atoms with Crippen LogP contribution in [0.4, 0.5) is 5.82 Å². The molecule has 0 fully saturated rings. The van der Waals surface area contributed by atoms with E-state index in [-0.39, 0.29) is 0 Å². The van der Waals surface area contributed by atoms with Gasteiger partial charge in [0.25, 0.3) is 0 Å². The molecule has 74 valence electrons. The van der Waals surface area contributed by atoms with Crippen LogP contribution >= 0.6 is 11.7 Å². The SMILES string of the molecule is CNc1nsnc1-c1cccc(C#N)c1. The molecule has 0 saturated heterocycles. The van der Waals surface area contributed by atoms with Gasteiger partial charge in [0.05, 0.1) is 23.4 Å². The van der Waals surface area contributed by atoms with Crippen LogP contribution in [-0.2, 0) is 0 Å². The van der Waals surface area contributed by atoms with Crippen LogP contribution in [0, 0.1) is 11.3 Å². The van der Waals surface area contributed by atoms with Gasteiger partial charge in [0.2, 0.25) is 0 Å². The maximum absolute atomic E-state index is 8.79. The van der Waals surface area contributed by atoms with Crippen molar-refractivity contribution in [2.24, 2.45) is 0 Å². The van der Waals surface area contributed by atoms with E-state index in [0.29, 0.717) is 5.56 Å². The number of hydrogen-bond donors (Lipinski definition) is 1. The zero-order valence-corrected chi connectivity index (χ0v) is 8.88. The highest BCUT2D eigenvalue weighted by atomic mass is 32.1. The summed E-state index contributed by atoms with van der Waals surface area (Å²) >= 11 is 1.15. The third-order valence-corrected chi connectivity index (χ3v) is 2.52. The van der Waals surface area contributed by atoms with E-state index < -0.39 is 0 Å². The first kappa shape index (κ1) is 9.62. The standard InChI is InChI=1S/C10H8N4S/c1-12-10-9(13-15-14-10)8-4-2-3-7(5-8)6-11/h2-5H,1H3,(H,12,14). The first-order valence-electron chi connectivity index (χ1n) is 4.36. The van der Waals surface area contributed by atoms with E-state index in [9.17, 15) is 0 Å². The molecule has 0 saturated carbocycles. The number of hydrogen-bond acceptors (Lipinski definition) is 5. The fraction of sp³-hybridized carbons (Fsp3) is 0.100. The van der Waals surface area contributed by atoms with Gasteiger partial charge < -0.3 is 5.32 Å². The van der Waals surface area contributed by atoms with Crippen LogP contribution in [0.2, 0.25) is 0 Å². The molecule has 2 rings (SSSR count). The topological polar surface area (TPSA) is 61.6 Å². The zero-order chi connectivity index (χ0) is 10.7. The lowest BCUT2D eigenvalue weighted by Crippen LogP contribution is -1.91. The molecule has 0 bridgehead atoms. The quantitative estimate of drug-likeness (QED) is 0.835. The number of aromatic nitrogens is 2. The maximum Gasteiger partial charge on any atom is 0.167 e. The lowest BCUT2D eigenvalue weighted by molar-refractivity contribution is 1.40. The number of nitrogens with one attached hydrogen (secondary N) is 1. The second-order valence-corrected chi connectivity index (χ2v) is 3.43. The van der Waals surface area contributed by atoms with E-state index in [1.165, 1.54) is 0 Å². The Morgan fingerprint density at radius 1 is 1.40 bits per heavy atom. The fourth-order valence-corrected chi connectivity index (χ4v) is 1.85. The lowest BCUT2D eigenvalue weighted by Gasteiger charge is -1.99. The monoisotopic (exact) mass is 216 g/mol. The predicted octanol–water partition coefficient (Wildman–Crippen LogP) is 2.12. The molecular weight excluding hydrogens is 208 g/mol. The summed E-state index contributed by atoms with van der Waals surface area (Å²) in [5.74, 6) is 0.745. The third-order valence-electron chi connectivity index (χ3n) is 1.99. The Kier molecular flexibility index (Phi) is 2.61. The van der Waals surface area contributed by atoms with Gasteiger partial charge in [0, 0.05) is 12.6 Å². The van der Waals surface area contributed by atoms with Gasteiger partial charge in [-0.3, -0.25) is 0 Å². The van der Waals surface area contributed by atoms with Crippen LogP contribution < -0.4 is 5.32 Å². The first-order valence-corrected chi connectivity index (χ1v) is 5.09. The van der Waals surface area contributed by atoms with Gasteiger partial charge in [0.1, 0.15) is 5.69 Å². The molecule has 1 N–H and O–H groups in total. The van der Waals surface area contributed by atoms with Crippen LogP contribution in [0.25, 0.3) is 11.3 Å². The largest absolute Gasteiger partial charge is 0.370 e. The summed E-state index contributed by atoms with van der Waals surface area (Å²) in [5, 5.41) is 11.8. The zero-order valence-electron chi connectivity index (χ0n) is 8.06. The van der Waals surface area contributed by atoms with Gasteiger partial charge in [-0.2, -0.15) is 14.0 Å². The number of nitriles is 1. The summed E-state index contributed by atoms with van der Waals surface area (Å²) in [4.78, 5) is 0. The van der Waals surface area contributed by atoms with Crippen LogP contribution in [0.15, 0.2) is 24.3 Å². The molecule has 1 aromatic carbocycles. The van der Waals surface area contributed by atoms with Gasteiger partial charge in [-0.15, -0.1) is 0 Å². The Labute approximate surface area is 91.5 Å². The van der Waals surface area contributed by atoms with Crippen molar-refractivity contribution in [2.75, 3.05) is 12.4 Å². The summed E-state index contributed by atoms with van der Waals surface area (Å²) in [5.41, 5.74) is 2.33. The number of anilines is 1. The average molecular weight is 216 g/mol. The van der Waals surface area contributed by atoms with E-state index >= 15 is 0 Å². The van der Waals surface area contributed by atoms with Crippen molar-refractivity contribution in [2.45, 2.75) is 0 Å². The van der Waals surface area contributed by atoms with Crippen molar-refractivity contribution in [3.63, 3.8) is 0 Å². The van der Waals surface area contributed by atoms with E-state index in [2.05, 4.69) is 20.1 Å². The molecule has 0 atom stereocenters. The molecule has 15 heavy (non-hydrogen) atoms. The number of rotatable bonds is 2. The molecule has 0 spiro atoms. The van der Waals surface area contributed by atoms with Crippen molar-refractivity contribution < 1.29 is 0 Å². The molecule has 4 nitrogen and oxygen atoms in total. The number of benzene rings is 1. The highest BCUT2D eigenvalue weighted by Crippen LogP contribution is 2.25. The molecule has 5 heteroatoms. The van der Waals surface area contributed by atoms with Gasteiger partial charge >= 0.3 is 0 Å². The molecular formula is C10H8N4S.